The van der Waals surface area contributed by atoms with Gasteiger partial charge in [0.05, 0.1) is 0 Å². The summed E-state index contributed by atoms with van der Waals surface area (Å²) in [6.45, 7) is 0. The van der Waals surface area contributed by atoms with E-state index in [0.29, 0.717) is 0 Å². The van der Waals surface area contributed by atoms with Gasteiger partial charge in [-0.3, -0.25) is 0 Å². The Morgan fingerprint density at radius 3 is 0.438 bits per heavy atom. The van der Waals surface area contributed by atoms with Crippen molar-refractivity contribution in [3.8, 4) is 0 Å². The van der Waals surface area contributed by atoms with Crippen molar-refractivity contribution in [1.29, 1.82) is 0 Å². The molecule has 0 aliphatic rings. The van der Waals surface area contributed by atoms with E-state index in [1.807, 2.05) is 0 Å². The molecule has 0 aliphatic carbocycles. The van der Waals surface area contributed by atoms with Crippen molar-refractivity contribution in [3.05, 3.63) is 0 Å². The van der Waals surface area contributed by atoms with E-state index in [-0.39, 0.29) is 21.1 Å². The van der Waals surface area contributed by atoms with Crippen molar-refractivity contribution in [1.82, 2.24) is 0 Å². The van der Waals surface area contributed by atoms with Crippen molar-refractivity contribution in [2.45, 2.75) is 0 Å². The Hall–Kier alpha value is 1.31. The Morgan fingerprint density at radius 1 is 0.438 bits per heavy atom. The van der Waals surface area contributed by atoms with Crippen LogP contribution >= 0.6 is 0 Å². The third-order valence-corrected chi connectivity index (χ3v) is 0. The molecule has 0 rings (SSSR count). The summed E-state index contributed by atoms with van der Waals surface area (Å²) in [4.78, 5) is 0. The third-order valence-electron chi connectivity index (χ3n) is 0. The second-order valence-corrected chi connectivity index (χ2v) is 7.25. The summed E-state index contributed by atoms with van der Waals surface area (Å²) < 4.78 is 104. The van der Waals surface area contributed by atoms with Crippen LogP contribution in [0.2, 0.25) is 0 Å². The first-order valence-corrected chi connectivity index (χ1v) is 11.8. The SMILES string of the molecule is [O]=[Mo](=[O])([O-])[O-].[O]=[Mo](=[O])([O-])[O-].[O]=[Mo](=[O])([O-])[O-].[W]. The van der Waals surface area contributed by atoms with Crippen LogP contribution in [0.3, 0.4) is 0 Å². The second kappa shape index (κ2) is 10.3. The predicted molar refractivity (Wildman–Crippen MR) is 4.12 cm³/mol. The summed E-state index contributed by atoms with van der Waals surface area (Å²) in [5.74, 6) is 0. The van der Waals surface area contributed by atoms with Crippen LogP contribution in [0.4, 0.5) is 0 Å². The van der Waals surface area contributed by atoms with E-state index in [0.717, 1.165) is 0 Å². The Bertz CT molecular complexity index is 337. The van der Waals surface area contributed by atoms with Crippen LogP contribution < -0.4 is 22.6 Å². The molecule has 0 aromatic rings. The number of hydrogen-bond donors (Lipinski definition) is 0. The van der Waals surface area contributed by atoms with Crippen LogP contribution in [-0.4, -0.2) is 0 Å². The maximum Gasteiger partial charge on any atom is 0 e. The Morgan fingerprint density at radius 2 is 0.438 bits per heavy atom. The molecule has 0 atom stereocenters. The first-order chi connectivity index (χ1) is 6.00. The van der Waals surface area contributed by atoms with E-state index in [2.05, 4.69) is 0 Å². The van der Waals surface area contributed by atoms with Crippen LogP contribution in [0.5, 0.6) is 0 Å². The van der Waals surface area contributed by atoms with Crippen LogP contribution in [-0.2, 0) is 91.7 Å². The van der Waals surface area contributed by atoms with Crippen molar-refractivity contribution in [2.75, 3.05) is 0 Å². The minimum absolute atomic E-state index is 0. The zero-order valence-electron chi connectivity index (χ0n) is 6.53. The summed E-state index contributed by atoms with van der Waals surface area (Å²) in [5, 5.41) is 0. The molecular weight excluding hydrogens is 664 g/mol. The van der Waals surface area contributed by atoms with Crippen molar-refractivity contribution in [3.63, 3.8) is 0 Å². The van der Waals surface area contributed by atoms with Crippen LogP contribution in [0, 0.1) is 0 Å². The smallest absolute Gasteiger partial charge is 0 e. The number of hydrogen-bond acceptors (Lipinski definition) is 12. The van der Waals surface area contributed by atoms with Gasteiger partial charge in [-0.15, -0.1) is 0 Å². The van der Waals surface area contributed by atoms with Crippen molar-refractivity contribution >= 4 is 0 Å². The molecule has 0 saturated heterocycles. The summed E-state index contributed by atoms with van der Waals surface area (Å²) in [5.41, 5.74) is 0. The molecular formula is Mo3O12W-6. The minimum atomic E-state index is -6.02. The van der Waals surface area contributed by atoms with E-state index in [9.17, 15) is 0 Å². The summed E-state index contributed by atoms with van der Waals surface area (Å²) in [7, 11) is 0. The first kappa shape index (κ1) is 26.0. The molecule has 0 heterocycles. The molecule has 0 aromatic carbocycles. The van der Waals surface area contributed by atoms with Gasteiger partial charge < -0.3 is 0 Å². The average molecular weight is 664 g/mol. The van der Waals surface area contributed by atoms with Gasteiger partial charge in [0.1, 0.15) is 0 Å². The van der Waals surface area contributed by atoms with Gasteiger partial charge in [0.25, 0.3) is 0 Å². The average Bonchev–Trinajstić information content (AvgIpc) is 1.41. The molecule has 12 nitrogen and oxygen atoms in total. The summed E-state index contributed by atoms with van der Waals surface area (Å²) >= 11 is -18.1. The minimum Gasteiger partial charge on any atom is 0 e. The van der Waals surface area contributed by atoms with Gasteiger partial charge in [0, 0.05) is 21.1 Å². The van der Waals surface area contributed by atoms with Crippen LogP contribution in [0.15, 0.2) is 0 Å². The fourth-order valence-electron chi connectivity index (χ4n) is 0. The standard InChI is InChI=1S/3Mo.12O.W/q;;;;;;;;;6*-1;. The quantitative estimate of drug-likeness (QED) is 0.220. The van der Waals surface area contributed by atoms with E-state index >= 15 is 0 Å². The van der Waals surface area contributed by atoms with Gasteiger partial charge in [-0.1, -0.05) is 0 Å². The van der Waals surface area contributed by atoms with Crippen molar-refractivity contribution < 1.29 is 114 Å². The van der Waals surface area contributed by atoms with E-state index in [1.54, 1.807) is 0 Å². The first-order valence-electron chi connectivity index (χ1n) is 2.00. The maximum absolute atomic E-state index is 8.63. The molecule has 0 saturated carbocycles. The molecule has 102 valence electrons. The molecule has 0 aliphatic heterocycles. The summed E-state index contributed by atoms with van der Waals surface area (Å²) in [6.07, 6.45) is 0. The zero-order valence-corrected chi connectivity index (χ0v) is 15.5. The maximum atomic E-state index is 8.63. The fraction of sp³-hybridized carbons (Fsp3) is 0. The van der Waals surface area contributed by atoms with E-state index in [4.69, 9.17) is 42.9 Å². The number of rotatable bonds is 0. The largest absolute Gasteiger partial charge is 0 e. The van der Waals surface area contributed by atoms with E-state index in [1.165, 1.54) is 0 Å². The monoisotopic (exact) mass is 670 g/mol. The van der Waals surface area contributed by atoms with Gasteiger partial charge in [-0.2, -0.15) is 0 Å². The summed E-state index contributed by atoms with van der Waals surface area (Å²) in [6, 6.07) is 0. The van der Waals surface area contributed by atoms with Gasteiger partial charge in [0.15, 0.2) is 0 Å². The molecule has 0 radical (unpaired) electrons. The molecule has 0 amide bonds. The molecule has 0 fully saturated rings. The Labute approximate surface area is 113 Å². The predicted octanol–water partition coefficient (Wildman–Crippen LogP) is -7.86. The normalized spacial score (nSPS) is 10.9. The second-order valence-electron chi connectivity index (χ2n) is 1.22. The molecule has 0 spiro atoms. The molecule has 0 N–H and O–H groups in total. The Kier molecular flexibility index (Phi) is 16.7. The third kappa shape index (κ3) is 1820. The Balaban J connectivity index is -0.0000000655. The van der Waals surface area contributed by atoms with Gasteiger partial charge in [0.2, 0.25) is 0 Å². The van der Waals surface area contributed by atoms with Gasteiger partial charge in [-0.05, 0) is 0 Å². The van der Waals surface area contributed by atoms with Crippen LogP contribution in [0.1, 0.15) is 0 Å². The zero-order chi connectivity index (χ0) is 13.5. The van der Waals surface area contributed by atoms with Crippen LogP contribution in [0.25, 0.3) is 0 Å². The molecule has 16 heteroatoms. The van der Waals surface area contributed by atoms with Gasteiger partial charge in [-0.25, -0.2) is 0 Å². The fourth-order valence-corrected chi connectivity index (χ4v) is 0. The van der Waals surface area contributed by atoms with E-state index < -0.39 is 50.2 Å². The molecule has 0 unspecified atom stereocenters. The molecule has 0 aromatic heterocycles. The van der Waals surface area contributed by atoms with Crippen molar-refractivity contribution in [2.24, 2.45) is 0 Å². The van der Waals surface area contributed by atoms with Gasteiger partial charge >= 0.3 is 93.2 Å². The molecule has 0 bridgehead atoms. The topological polar surface area (TPSA) is 241 Å². The molecule has 16 heavy (non-hydrogen) atoms.